The molecular weight excluding hydrogens is 318 g/mol. The predicted molar refractivity (Wildman–Crippen MR) is 96.7 cm³/mol. The number of ether oxygens (including phenoxy) is 2. The molecule has 6 nitrogen and oxygen atoms in total. The topological polar surface area (TPSA) is 46.9 Å². The van der Waals surface area contributed by atoms with Crippen LogP contribution in [0.1, 0.15) is 37.2 Å². The predicted octanol–water partition coefficient (Wildman–Crippen LogP) is 1.76. The Balaban J connectivity index is 1.68. The molecule has 25 heavy (non-hydrogen) atoms. The fourth-order valence-corrected chi connectivity index (χ4v) is 3.70. The van der Waals surface area contributed by atoms with Crippen molar-refractivity contribution in [2.45, 2.75) is 44.4 Å². The van der Waals surface area contributed by atoms with Gasteiger partial charge in [-0.1, -0.05) is 0 Å². The molecule has 3 heterocycles. The minimum atomic E-state index is -0.361. The summed E-state index contributed by atoms with van der Waals surface area (Å²) in [4.78, 5) is 17.1. The van der Waals surface area contributed by atoms with E-state index in [1.54, 1.807) is 0 Å². The third-order valence-corrected chi connectivity index (χ3v) is 5.51. The molecule has 1 amide bonds. The molecule has 2 saturated heterocycles. The van der Waals surface area contributed by atoms with Gasteiger partial charge in [0.25, 0.3) is 5.91 Å². The monoisotopic (exact) mass is 349 g/mol. The number of hydrogen-bond acceptors (Lipinski definition) is 4. The zero-order valence-electron chi connectivity index (χ0n) is 15.9. The van der Waals surface area contributed by atoms with Gasteiger partial charge < -0.3 is 23.8 Å². The second-order valence-corrected chi connectivity index (χ2v) is 7.78. The minimum Gasteiger partial charge on any atom is -0.377 e. The number of rotatable bonds is 4. The zero-order valence-corrected chi connectivity index (χ0v) is 15.9. The largest absolute Gasteiger partial charge is 0.377 e. The van der Waals surface area contributed by atoms with Gasteiger partial charge in [-0.2, -0.15) is 0 Å². The summed E-state index contributed by atoms with van der Waals surface area (Å²) in [6, 6.07) is 4.28. The first-order valence-corrected chi connectivity index (χ1v) is 9.27. The Bertz CT molecular complexity index is 600. The maximum absolute atomic E-state index is 12.9. The van der Waals surface area contributed by atoms with Crippen molar-refractivity contribution >= 4 is 5.91 Å². The molecule has 0 aliphatic carbocycles. The Morgan fingerprint density at radius 2 is 2.28 bits per heavy atom. The van der Waals surface area contributed by atoms with Crippen molar-refractivity contribution < 1.29 is 14.3 Å². The first kappa shape index (κ1) is 18.4. The molecule has 2 aliphatic heterocycles. The van der Waals surface area contributed by atoms with Gasteiger partial charge in [-0.25, -0.2) is 0 Å². The number of carbonyl (C=O) groups is 1. The molecule has 0 bridgehead atoms. The van der Waals surface area contributed by atoms with E-state index < -0.39 is 0 Å². The number of aryl methyl sites for hydroxylation is 1. The molecule has 1 aromatic heterocycles. The van der Waals surface area contributed by atoms with E-state index in [1.807, 2.05) is 34.8 Å². The smallest absolute Gasteiger partial charge is 0.270 e. The molecule has 2 fully saturated rings. The van der Waals surface area contributed by atoms with Crippen LogP contribution in [-0.2, 0) is 16.5 Å². The van der Waals surface area contributed by atoms with Gasteiger partial charge in [-0.05, 0) is 45.9 Å². The van der Waals surface area contributed by atoms with Crippen LogP contribution in [0.25, 0.3) is 0 Å². The first-order valence-electron chi connectivity index (χ1n) is 9.27. The van der Waals surface area contributed by atoms with Crippen molar-refractivity contribution in [1.82, 2.24) is 14.4 Å². The van der Waals surface area contributed by atoms with Gasteiger partial charge in [-0.3, -0.25) is 4.79 Å². The molecule has 0 saturated carbocycles. The molecule has 0 unspecified atom stereocenters. The van der Waals surface area contributed by atoms with Gasteiger partial charge in [0.2, 0.25) is 0 Å². The summed E-state index contributed by atoms with van der Waals surface area (Å²) in [5.41, 5.74) is 0.353. The van der Waals surface area contributed by atoms with Crippen molar-refractivity contribution in [1.29, 1.82) is 0 Å². The molecule has 1 spiro atoms. The van der Waals surface area contributed by atoms with Gasteiger partial charge in [0.05, 0.1) is 25.9 Å². The van der Waals surface area contributed by atoms with E-state index in [2.05, 4.69) is 25.8 Å². The summed E-state index contributed by atoms with van der Waals surface area (Å²) in [6.45, 7) is 7.68. The fraction of sp³-hybridized carbons (Fsp3) is 0.737. The van der Waals surface area contributed by atoms with Gasteiger partial charge in [-0.15, -0.1) is 0 Å². The molecule has 0 radical (unpaired) electrons. The zero-order chi connectivity index (χ0) is 18.0. The standard InChI is InChI=1S/C19H31N3O3/c1-15(2)21(4)12-16-7-8-19(25-16)13-22(10-11-24-14-19)18(23)17-6-5-9-20(17)3/h5-6,9,15-16H,7-8,10-14H2,1-4H3/t16-,19-/m0/s1. The van der Waals surface area contributed by atoms with Crippen molar-refractivity contribution in [2.75, 3.05) is 39.9 Å². The maximum atomic E-state index is 12.9. The van der Waals surface area contributed by atoms with E-state index in [1.165, 1.54) is 0 Å². The van der Waals surface area contributed by atoms with Crippen LogP contribution >= 0.6 is 0 Å². The average Bonchev–Trinajstić information content (AvgIpc) is 3.09. The van der Waals surface area contributed by atoms with E-state index in [-0.39, 0.29) is 17.6 Å². The van der Waals surface area contributed by atoms with Crippen LogP contribution in [0.4, 0.5) is 0 Å². The molecule has 2 atom stereocenters. The second kappa shape index (κ2) is 7.48. The van der Waals surface area contributed by atoms with E-state index in [4.69, 9.17) is 9.47 Å². The molecule has 6 heteroatoms. The normalized spacial score (nSPS) is 27.4. The van der Waals surface area contributed by atoms with Crippen LogP contribution in [-0.4, -0.2) is 77.9 Å². The van der Waals surface area contributed by atoms with Crippen molar-refractivity contribution in [3.63, 3.8) is 0 Å². The Morgan fingerprint density at radius 1 is 1.48 bits per heavy atom. The summed E-state index contributed by atoms with van der Waals surface area (Å²) >= 11 is 0. The minimum absolute atomic E-state index is 0.0590. The summed E-state index contributed by atoms with van der Waals surface area (Å²) in [6.07, 6.45) is 4.08. The van der Waals surface area contributed by atoms with Crippen LogP contribution in [0.15, 0.2) is 18.3 Å². The van der Waals surface area contributed by atoms with Gasteiger partial charge >= 0.3 is 0 Å². The lowest BCUT2D eigenvalue weighted by Gasteiger charge is -2.33. The highest BCUT2D eigenvalue weighted by Gasteiger charge is 2.44. The van der Waals surface area contributed by atoms with Crippen LogP contribution in [0.3, 0.4) is 0 Å². The van der Waals surface area contributed by atoms with Gasteiger partial charge in [0, 0.05) is 32.4 Å². The maximum Gasteiger partial charge on any atom is 0.270 e. The average molecular weight is 349 g/mol. The summed E-state index contributed by atoms with van der Waals surface area (Å²) < 4.78 is 14.1. The summed E-state index contributed by atoms with van der Waals surface area (Å²) in [5.74, 6) is 0.0590. The first-order chi connectivity index (χ1) is 11.9. The highest BCUT2D eigenvalue weighted by molar-refractivity contribution is 5.92. The summed E-state index contributed by atoms with van der Waals surface area (Å²) in [5, 5.41) is 0. The number of aromatic nitrogens is 1. The summed E-state index contributed by atoms with van der Waals surface area (Å²) in [7, 11) is 4.04. The molecule has 0 aromatic carbocycles. The molecule has 1 aromatic rings. The van der Waals surface area contributed by atoms with Crippen LogP contribution in [0.5, 0.6) is 0 Å². The SMILES string of the molecule is CC(C)N(C)C[C@@H]1CC[C@]2(COCCN(C(=O)c3cccn3C)C2)O1. The highest BCUT2D eigenvalue weighted by Crippen LogP contribution is 2.33. The third-order valence-electron chi connectivity index (χ3n) is 5.51. The van der Waals surface area contributed by atoms with Gasteiger partial charge in [0.1, 0.15) is 11.3 Å². The number of hydrogen-bond donors (Lipinski definition) is 0. The lowest BCUT2D eigenvalue weighted by atomic mass is 10.00. The van der Waals surface area contributed by atoms with Gasteiger partial charge in [0.15, 0.2) is 0 Å². The third kappa shape index (κ3) is 4.07. The van der Waals surface area contributed by atoms with E-state index >= 15 is 0 Å². The van der Waals surface area contributed by atoms with Crippen LogP contribution in [0, 0.1) is 0 Å². The Hall–Kier alpha value is -1.37. The molecule has 2 aliphatic rings. The van der Waals surface area contributed by atoms with E-state index in [0.717, 1.165) is 19.4 Å². The lowest BCUT2D eigenvalue weighted by Crippen LogP contribution is -2.47. The fourth-order valence-electron chi connectivity index (χ4n) is 3.70. The second-order valence-electron chi connectivity index (χ2n) is 7.78. The Morgan fingerprint density at radius 3 is 2.96 bits per heavy atom. The Kier molecular flexibility index (Phi) is 5.51. The highest BCUT2D eigenvalue weighted by atomic mass is 16.6. The number of amides is 1. The number of likely N-dealkylation sites (N-methyl/N-ethyl adjacent to an activating group) is 1. The van der Waals surface area contributed by atoms with Crippen molar-refractivity contribution in [3.05, 3.63) is 24.0 Å². The van der Waals surface area contributed by atoms with E-state index in [9.17, 15) is 4.79 Å². The molecular formula is C19H31N3O3. The Labute approximate surface area is 150 Å². The van der Waals surface area contributed by atoms with Crippen LogP contribution < -0.4 is 0 Å². The number of nitrogens with zero attached hydrogens (tertiary/aromatic N) is 3. The van der Waals surface area contributed by atoms with E-state index in [0.29, 0.717) is 38.0 Å². The van der Waals surface area contributed by atoms with Crippen molar-refractivity contribution in [2.24, 2.45) is 7.05 Å². The lowest BCUT2D eigenvalue weighted by molar-refractivity contribution is -0.0901. The molecule has 0 N–H and O–H groups in total. The molecule has 3 rings (SSSR count). The molecule has 140 valence electrons. The van der Waals surface area contributed by atoms with Crippen molar-refractivity contribution in [3.8, 4) is 0 Å². The number of carbonyl (C=O) groups excluding carboxylic acids is 1. The van der Waals surface area contributed by atoms with Crippen LogP contribution in [0.2, 0.25) is 0 Å². The quantitative estimate of drug-likeness (QED) is 0.831.